The lowest BCUT2D eigenvalue weighted by Gasteiger charge is -2.15. The summed E-state index contributed by atoms with van der Waals surface area (Å²) in [6, 6.07) is 13.2. The summed E-state index contributed by atoms with van der Waals surface area (Å²) in [6.07, 6.45) is 0. The van der Waals surface area contributed by atoms with Crippen LogP contribution in [0, 0.1) is 0 Å². The highest BCUT2D eigenvalue weighted by molar-refractivity contribution is 8.01. The molecule has 1 heterocycles. The number of rotatable bonds is 5. The molecule has 0 aliphatic carbocycles. The van der Waals surface area contributed by atoms with Crippen LogP contribution in [0.2, 0.25) is 5.02 Å². The van der Waals surface area contributed by atoms with Crippen LogP contribution < -0.4 is 5.43 Å². The quantitative estimate of drug-likeness (QED) is 0.783. The normalized spacial score (nSPS) is 16.8. The second-order valence-corrected chi connectivity index (χ2v) is 6.89. The zero-order chi connectivity index (χ0) is 18.0. The molecule has 0 bridgehead atoms. The predicted octanol–water partition coefficient (Wildman–Crippen LogP) is 2.57. The summed E-state index contributed by atoms with van der Waals surface area (Å²) in [6.45, 7) is 0.0886. The van der Waals surface area contributed by atoms with Crippen molar-refractivity contribution in [3.63, 3.8) is 0 Å². The Morgan fingerprint density at radius 2 is 1.96 bits per heavy atom. The van der Waals surface area contributed by atoms with E-state index in [0.29, 0.717) is 15.5 Å². The van der Waals surface area contributed by atoms with Crippen LogP contribution in [0.5, 0.6) is 0 Å². The van der Waals surface area contributed by atoms with Crippen LogP contribution in [0.15, 0.2) is 53.4 Å². The Bertz CT molecular complexity index is 858. The number of hydrogen-bond donors (Lipinski definition) is 2. The molecular weight excluding hydrogens is 364 g/mol. The minimum atomic E-state index is -1.05. The highest BCUT2D eigenvalue weighted by atomic mass is 35.5. The summed E-state index contributed by atoms with van der Waals surface area (Å²) >= 11 is 7.17. The smallest absolute Gasteiger partial charge is 0.335 e. The van der Waals surface area contributed by atoms with Crippen molar-refractivity contribution in [2.45, 2.75) is 16.7 Å². The highest BCUT2D eigenvalue weighted by Crippen LogP contribution is 2.32. The number of aromatic carboxylic acids is 1. The molecule has 1 saturated heterocycles. The van der Waals surface area contributed by atoms with Crippen molar-refractivity contribution < 1.29 is 19.5 Å². The standard InChI is InChI=1S/C17H13ClN2O4S/c18-12-6-1-2-7-13(12)25-14-15(21)19-20(16(14)22)9-10-4-3-5-11(8-10)17(23)24/h1-8,14H,9H2,(H,19,21)(H,23,24). The Hall–Kier alpha value is -2.51. The van der Waals surface area contributed by atoms with Gasteiger partial charge in [-0.3, -0.25) is 15.0 Å². The number of nitrogens with zero attached hydrogens (tertiary/aromatic N) is 1. The van der Waals surface area contributed by atoms with Gasteiger partial charge in [-0.15, -0.1) is 11.8 Å². The number of hydrogen-bond acceptors (Lipinski definition) is 4. The van der Waals surface area contributed by atoms with Gasteiger partial charge in [0, 0.05) is 4.90 Å². The molecular formula is C17H13ClN2O4S. The van der Waals surface area contributed by atoms with Gasteiger partial charge in [0.2, 0.25) is 0 Å². The highest BCUT2D eigenvalue weighted by Gasteiger charge is 2.40. The molecule has 0 saturated carbocycles. The summed E-state index contributed by atoms with van der Waals surface area (Å²) in [5.74, 6) is -1.87. The molecule has 1 fully saturated rings. The van der Waals surface area contributed by atoms with Gasteiger partial charge in [-0.25, -0.2) is 9.80 Å². The number of carbonyl (C=O) groups is 3. The monoisotopic (exact) mass is 376 g/mol. The van der Waals surface area contributed by atoms with Crippen LogP contribution in [0.25, 0.3) is 0 Å². The Morgan fingerprint density at radius 3 is 2.68 bits per heavy atom. The van der Waals surface area contributed by atoms with Crippen LogP contribution >= 0.6 is 23.4 Å². The Morgan fingerprint density at radius 1 is 1.20 bits per heavy atom. The predicted molar refractivity (Wildman–Crippen MR) is 93.2 cm³/mol. The fraction of sp³-hybridized carbons (Fsp3) is 0.118. The fourth-order valence-electron chi connectivity index (χ4n) is 2.37. The third kappa shape index (κ3) is 3.78. The number of carboxylic acid groups (broad SMARTS) is 1. The van der Waals surface area contributed by atoms with E-state index in [2.05, 4.69) is 5.43 Å². The third-order valence-electron chi connectivity index (χ3n) is 3.57. The van der Waals surface area contributed by atoms with Crippen molar-refractivity contribution in [2.75, 3.05) is 0 Å². The van der Waals surface area contributed by atoms with E-state index in [1.165, 1.54) is 17.1 Å². The molecule has 25 heavy (non-hydrogen) atoms. The van der Waals surface area contributed by atoms with E-state index in [9.17, 15) is 14.4 Å². The number of nitrogens with one attached hydrogen (secondary N) is 1. The van der Waals surface area contributed by atoms with Gasteiger partial charge in [0.15, 0.2) is 5.25 Å². The lowest BCUT2D eigenvalue weighted by atomic mass is 10.1. The molecule has 1 aliphatic heterocycles. The first-order valence-electron chi connectivity index (χ1n) is 7.31. The van der Waals surface area contributed by atoms with Gasteiger partial charge in [0.25, 0.3) is 11.8 Å². The van der Waals surface area contributed by atoms with Crippen molar-refractivity contribution in [1.82, 2.24) is 10.4 Å². The minimum Gasteiger partial charge on any atom is -0.478 e. The summed E-state index contributed by atoms with van der Waals surface area (Å²) in [5.41, 5.74) is 3.26. The van der Waals surface area contributed by atoms with Gasteiger partial charge in [0.1, 0.15) is 0 Å². The Balaban J connectivity index is 1.74. The van der Waals surface area contributed by atoms with Gasteiger partial charge in [0.05, 0.1) is 17.1 Å². The van der Waals surface area contributed by atoms with E-state index >= 15 is 0 Å². The number of benzene rings is 2. The van der Waals surface area contributed by atoms with E-state index in [1.54, 1.807) is 36.4 Å². The molecule has 0 aromatic heterocycles. The Labute approximate surface area is 152 Å². The van der Waals surface area contributed by atoms with E-state index in [0.717, 1.165) is 11.8 Å². The van der Waals surface area contributed by atoms with Gasteiger partial charge >= 0.3 is 5.97 Å². The lowest BCUT2D eigenvalue weighted by Crippen LogP contribution is -2.35. The Kier molecular flexibility index (Phi) is 4.96. The summed E-state index contributed by atoms with van der Waals surface area (Å²) < 4.78 is 0. The molecule has 1 unspecified atom stereocenters. The number of carbonyl (C=O) groups excluding carboxylic acids is 2. The minimum absolute atomic E-state index is 0.0886. The topological polar surface area (TPSA) is 86.7 Å². The summed E-state index contributed by atoms with van der Waals surface area (Å²) in [4.78, 5) is 36.3. The molecule has 2 aromatic rings. The second-order valence-electron chi connectivity index (χ2n) is 5.33. The van der Waals surface area contributed by atoms with Crippen LogP contribution in [-0.2, 0) is 16.1 Å². The lowest BCUT2D eigenvalue weighted by molar-refractivity contribution is -0.130. The number of amides is 2. The number of thioether (sulfide) groups is 1. The first-order chi connectivity index (χ1) is 12.0. The van der Waals surface area contributed by atoms with Crippen molar-refractivity contribution in [2.24, 2.45) is 0 Å². The van der Waals surface area contributed by atoms with Crippen LogP contribution in [-0.4, -0.2) is 33.1 Å². The maximum Gasteiger partial charge on any atom is 0.335 e. The molecule has 2 amide bonds. The molecule has 8 heteroatoms. The first kappa shape index (κ1) is 17.3. The SMILES string of the molecule is O=C(O)c1cccc(CN2NC(=O)C(Sc3ccccc3Cl)C2=O)c1. The molecule has 128 valence electrons. The van der Waals surface area contributed by atoms with Crippen LogP contribution in [0.1, 0.15) is 15.9 Å². The average molecular weight is 377 g/mol. The summed E-state index contributed by atoms with van der Waals surface area (Å²) in [7, 11) is 0. The number of halogens is 1. The molecule has 1 atom stereocenters. The van der Waals surface area contributed by atoms with Gasteiger partial charge in [-0.1, -0.05) is 35.9 Å². The zero-order valence-corrected chi connectivity index (χ0v) is 14.4. The molecule has 0 spiro atoms. The van der Waals surface area contributed by atoms with Crippen LogP contribution in [0.3, 0.4) is 0 Å². The van der Waals surface area contributed by atoms with Gasteiger partial charge < -0.3 is 5.11 Å². The van der Waals surface area contributed by atoms with Crippen molar-refractivity contribution in [1.29, 1.82) is 0 Å². The summed E-state index contributed by atoms with van der Waals surface area (Å²) in [5, 5.41) is 9.77. The molecule has 0 radical (unpaired) electrons. The number of carboxylic acids is 1. The second kappa shape index (κ2) is 7.16. The van der Waals surface area contributed by atoms with Crippen molar-refractivity contribution >= 4 is 41.1 Å². The van der Waals surface area contributed by atoms with Crippen LogP contribution in [0.4, 0.5) is 0 Å². The number of hydrazine groups is 1. The molecule has 6 nitrogen and oxygen atoms in total. The average Bonchev–Trinajstić information content (AvgIpc) is 2.84. The van der Waals surface area contributed by atoms with E-state index < -0.39 is 23.0 Å². The first-order valence-corrected chi connectivity index (χ1v) is 8.57. The molecule has 2 aromatic carbocycles. The van der Waals surface area contributed by atoms with Gasteiger partial charge in [-0.05, 0) is 29.8 Å². The maximum atomic E-state index is 12.5. The fourth-order valence-corrected chi connectivity index (χ4v) is 3.62. The maximum absolute atomic E-state index is 12.5. The molecule has 2 N–H and O–H groups in total. The van der Waals surface area contributed by atoms with E-state index in [1.807, 2.05) is 0 Å². The molecule has 1 aliphatic rings. The van der Waals surface area contributed by atoms with Gasteiger partial charge in [-0.2, -0.15) is 0 Å². The third-order valence-corrected chi connectivity index (χ3v) is 5.27. The van der Waals surface area contributed by atoms with E-state index in [-0.39, 0.29) is 12.1 Å². The molecule has 3 rings (SSSR count). The zero-order valence-electron chi connectivity index (χ0n) is 12.8. The largest absolute Gasteiger partial charge is 0.478 e. The van der Waals surface area contributed by atoms with Crippen molar-refractivity contribution in [3.05, 3.63) is 64.7 Å². The van der Waals surface area contributed by atoms with E-state index in [4.69, 9.17) is 16.7 Å². The van der Waals surface area contributed by atoms with Crippen molar-refractivity contribution in [3.8, 4) is 0 Å².